The van der Waals surface area contributed by atoms with Crippen molar-refractivity contribution in [2.24, 2.45) is 11.3 Å². The van der Waals surface area contributed by atoms with E-state index in [0.717, 1.165) is 37.6 Å². The van der Waals surface area contributed by atoms with Crippen molar-refractivity contribution in [1.29, 1.82) is 0 Å². The van der Waals surface area contributed by atoms with Gasteiger partial charge in [-0.05, 0) is 24.2 Å². The summed E-state index contributed by atoms with van der Waals surface area (Å²) in [5.41, 5.74) is 6.12. The fourth-order valence-electron chi connectivity index (χ4n) is 2.59. The summed E-state index contributed by atoms with van der Waals surface area (Å²) >= 11 is 1.36. The SMILES string of the molecule is CC(C)CNc1nc(N)c(C(=O)N2CCCC(C)(C)C2)s1. The van der Waals surface area contributed by atoms with E-state index >= 15 is 0 Å². The maximum atomic E-state index is 12.6. The van der Waals surface area contributed by atoms with Gasteiger partial charge in [0.05, 0.1) is 0 Å². The molecule has 0 bridgehead atoms. The van der Waals surface area contributed by atoms with E-state index in [-0.39, 0.29) is 11.3 Å². The number of anilines is 2. The van der Waals surface area contributed by atoms with Gasteiger partial charge >= 0.3 is 0 Å². The number of likely N-dealkylation sites (tertiary alicyclic amines) is 1. The number of hydrogen-bond acceptors (Lipinski definition) is 5. The van der Waals surface area contributed by atoms with Crippen molar-refractivity contribution in [1.82, 2.24) is 9.88 Å². The van der Waals surface area contributed by atoms with E-state index in [0.29, 0.717) is 16.6 Å². The number of carbonyl (C=O) groups excluding carboxylic acids is 1. The molecular weight excluding hydrogens is 284 g/mol. The number of nitrogens with two attached hydrogens (primary N) is 1. The van der Waals surface area contributed by atoms with Crippen molar-refractivity contribution in [3.8, 4) is 0 Å². The average molecular weight is 310 g/mol. The summed E-state index contributed by atoms with van der Waals surface area (Å²) in [6.07, 6.45) is 2.21. The van der Waals surface area contributed by atoms with Crippen LogP contribution in [-0.2, 0) is 0 Å². The molecule has 1 fully saturated rings. The molecule has 1 aromatic heterocycles. The standard InChI is InChI=1S/C15H26N4OS/c1-10(2)8-17-14-18-12(16)11(21-14)13(20)19-7-5-6-15(3,4)9-19/h10H,5-9,16H2,1-4H3,(H,17,18). The number of thiazole rings is 1. The third-order valence-corrected chi connectivity index (χ3v) is 4.71. The first-order valence-corrected chi connectivity index (χ1v) is 8.39. The first kappa shape index (κ1) is 16.1. The summed E-state index contributed by atoms with van der Waals surface area (Å²) in [5.74, 6) is 0.896. The second kappa shape index (κ2) is 6.22. The second-order valence-corrected chi connectivity index (χ2v) is 8.00. The van der Waals surface area contributed by atoms with Crippen LogP contribution in [0.15, 0.2) is 0 Å². The van der Waals surface area contributed by atoms with Gasteiger partial charge in [0.15, 0.2) is 5.13 Å². The molecule has 21 heavy (non-hydrogen) atoms. The van der Waals surface area contributed by atoms with Crippen molar-refractivity contribution in [2.45, 2.75) is 40.5 Å². The Morgan fingerprint density at radius 3 is 2.86 bits per heavy atom. The van der Waals surface area contributed by atoms with E-state index < -0.39 is 0 Å². The van der Waals surface area contributed by atoms with Crippen LogP contribution >= 0.6 is 11.3 Å². The molecular formula is C15H26N4OS. The number of nitrogen functional groups attached to an aromatic ring is 1. The Hall–Kier alpha value is -1.30. The van der Waals surface area contributed by atoms with Crippen LogP contribution < -0.4 is 11.1 Å². The van der Waals surface area contributed by atoms with Gasteiger partial charge in [-0.3, -0.25) is 4.79 Å². The molecule has 1 aromatic rings. The molecule has 1 aliphatic heterocycles. The quantitative estimate of drug-likeness (QED) is 0.896. The van der Waals surface area contributed by atoms with Gasteiger partial charge in [0.25, 0.3) is 5.91 Å². The van der Waals surface area contributed by atoms with E-state index in [2.05, 4.69) is 38.0 Å². The molecule has 2 heterocycles. The Morgan fingerprint density at radius 2 is 2.24 bits per heavy atom. The zero-order valence-electron chi connectivity index (χ0n) is 13.4. The second-order valence-electron chi connectivity index (χ2n) is 7.00. The summed E-state index contributed by atoms with van der Waals surface area (Å²) < 4.78 is 0. The third kappa shape index (κ3) is 4.09. The molecule has 0 aromatic carbocycles. The van der Waals surface area contributed by atoms with E-state index in [9.17, 15) is 4.79 Å². The van der Waals surface area contributed by atoms with Crippen LogP contribution in [0.4, 0.5) is 10.9 Å². The molecule has 2 rings (SSSR count). The molecule has 0 spiro atoms. The molecule has 0 saturated carbocycles. The predicted molar refractivity (Wildman–Crippen MR) is 88.8 cm³/mol. The Bertz CT molecular complexity index is 510. The molecule has 5 nitrogen and oxygen atoms in total. The first-order chi connectivity index (χ1) is 9.78. The lowest BCUT2D eigenvalue weighted by molar-refractivity contribution is 0.0589. The van der Waals surface area contributed by atoms with Gasteiger partial charge in [-0.15, -0.1) is 0 Å². The molecule has 6 heteroatoms. The van der Waals surface area contributed by atoms with Gasteiger partial charge in [0, 0.05) is 19.6 Å². The van der Waals surface area contributed by atoms with Crippen molar-refractivity contribution in [3.63, 3.8) is 0 Å². The predicted octanol–water partition coefficient (Wildman–Crippen LogP) is 3.06. The fraction of sp³-hybridized carbons (Fsp3) is 0.733. The zero-order valence-corrected chi connectivity index (χ0v) is 14.2. The lowest BCUT2D eigenvalue weighted by atomic mass is 9.84. The molecule has 3 N–H and O–H groups in total. The van der Waals surface area contributed by atoms with Crippen LogP contribution in [0.5, 0.6) is 0 Å². The minimum Gasteiger partial charge on any atom is -0.382 e. The number of carbonyl (C=O) groups is 1. The summed E-state index contributed by atoms with van der Waals surface area (Å²) in [5, 5.41) is 3.97. The Labute approximate surface area is 130 Å². The van der Waals surface area contributed by atoms with Gasteiger partial charge in [0.2, 0.25) is 0 Å². The molecule has 1 amide bonds. The van der Waals surface area contributed by atoms with E-state index in [1.165, 1.54) is 11.3 Å². The minimum atomic E-state index is 0.0235. The third-order valence-electron chi connectivity index (χ3n) is 3.70. The number of aromatic nitrogens is 1. The van der Waals surface area contributed by atoms with Crippen LogP contribution in [0.1, 0.15) is 50.2 Å². The molecule has 0 unspecified atom stereocenters. The summed E-state index contributed by atoms with van der Waals surface area (Å²) in [4.78, 5) is 19.4. The smallest absolute Gasteiger partial charge is 0.267 e. The molecule has 0 aliphatic carbocycles. The minimum absolute atomic E-state index is 0.0235. The highest BCUT2D eigenvalue weighted by Gasteiger charge is 2.31. The first-order valence-electron chi connectivity index (χ1n) is 7.58. The van der Waals surface area contributed by atoms with Gasteiger partial charge in [0.1, 0.15) is 10.7 Å². The highest BCUT2D eigenvalue weighted by Crippen LogP contribution is 2.32. The number of nitrogens with one attached hydrogen (secondary N) is 1. The van der Waals surface area contributed by atoms with Gasteiger partial charge < -0.3 is 16.0 Å². The topological polar surface area (TPSA) is 71.2 Å². The maximum Gasteiger partial charge on any atom is 0.267 e. The molecule has 0 atom stereocenters. The monoisotopic (exact) mass is 310 g/mol. The Kier molecular flexibility index (Phi) is 4.76. The number of hydrogen-bond donors (Lipinski definition) is 2. The van der Waals surface area contributed by atoms with Crippen LogP contribution in [0.2, 0.25) is 0 Å². The van der Waals surface area contributed by atoms with Crippen molar-refractivity contribution in [3.05, 3.63) is 4.88 Å². The number of piperidine rings is 1. The van der Waals surface area contributed by atoms with E-state index in [4.69, 9.17) is 5.73 Å². The van der Waals surface area contributed by atoms with E-state index in [1.54, 1.807) is 0 Å². The van der Waals surface area contributed by atoms with Crippen LogP contribution in [-0.4, -0.2) is 35.4 Å². The number of nitrogens with zero attached hydrogens (tertiary/aromatic N) is 2. The summed E-state index contributed by atoms with van der Waals surface area (Å²) in [6.45, 7) is 11.1. The summed E-state index contributed by atoms with van der Waals surface area (Å²) in [6, 6.07) is 0. The fourth-order valence-corrected chi connectivity index (χ4v) is 3.45. The van der Waals surface area contributed by atoms with Crippen molar-refractivity contribution < 1.29 is 4.79 Å². The van der Waals surface area contributed by atoms with Crippen molar-refractivity contribution >= 4 is 28.2 Å². The summed E-state index contributed by atoms with van der Waals surface area (Å²) in [7, 11) is 0. The number of rotatable bonds is 4. The largest absolute Gasteiger partial charge is 0.382 e. The Morgan fingerprint density at radius 1 is 1.52 bits per heavy atom. The molecule has 118 valence electrons. The normalized spacial score (nSPS) is 18.0. The molecule has 1 saturated heterocycles. The molecule has 0 radical (unpaired) electrons. The van der Waals surface area contributed by atoms with Crippen LogP contribution in [0.25, 0.3) is 0 Å². The highest BCUT2D eigenvalue weighted by molar-refractivity contribution is 7.18. The number of amides is 1. The lowest BCUT2D eigenvalue weighted by Crippen LogP contribution is -2.43. The van der Waals surface area contributed by atoms with Crippen LogP contribution in [0.3, 0.4) is 0 Å². The average Bonchev–Trinajstić information content (AvgIpc) is 2.75. The molecule has 1 aliphatic rings. The van der Waals surface area contributed by atoms with Gasteiger partial charge in [-0.25, -0.2) is 4.98 Å². The lowest BCUT2D eigenvalue weighted by Gasteiger charge is -2.37. The highest BCUT2D eigenvalue weighted by atomic mass is 32.1. The van der Waals surface area contributed by atoms with Gasteiger partial charge in [-0.2, -0.15) is 0 Å². The van der Waals surface area contributed by atoms with Crippen molar-refractivity contribution in [2.75, 3.05) is 30.7 Å². The Balaban J connectivity index is 2.08. The van der Waals surface area contributed by atoms with Gasteiger partial charge in [-0.1, -0.05) is 39.0 Å². The van der Waals surface area contributed by atoms with E-state index in [1.807, 2.05) is 4.90 Å². The maximum absolute atomic E-state index is 12.6. The zero-order chi connectivity index (χ0) is 15.6. The van der Waals surface area contributed by atoms with Crippen LogP contribution in [0, 0.1) is 11.3 Å².